The molecule has 5 nitrogen and oxygen atoms in total. The van der Waals surface area contributed by atoms with E-state index in [1.165, 1.54) is 36.1 Å². The van der Waals surface area contributed by atoms with Gasteiger partial charge in [0.15, 0.2) is 0 Å². The number of nitrogens with zero attached hydrogens (tertiary/aromatic N) is 3. The van der Waals surface area contributed by atoms with Gasteiger partial charge in [-0.2, -0.15) is 5.10 Å². The molecule has 170 valence electrons. The Bertz CT molecular complexity index is 1120. The van der Waals surface area contributed by atoms with Crippen LogP contribution in [0.3, 0.4) is 0 Å². The number of pyridine rings is 1. The normalized spacial score (nSPS) is 18.4. The monoisotopic (exact) mass is 451 g/mol. The van der Waals surface area contributed by atoms with E-state index in [9.17, 15) is 0 Å². The highest BCUT2D eigenvalue weighted by Gasteiger charge is 2.30. The van der Waals surface area contributed by atoms with Crippen LogP contribution in [0.2, 0.25) is 0 Å². The highest BCUT2D eigenvalue weighted by Crippen LogP contribution is 2.41. The quantitative estimate of drug-likeness (QED) is 0.408. The molecule has 2 aromatic heterocycles. The molecule has 1 aliphatic carbocycles. The van der Waals surface area contributed by atoms with Crippen LogP contribution in [0.15, 0.2) is 35.4 Å². The lowest BCUT2D eigenvalue weighted by Gasteiger charge is -2.27. The molecule has 1 saturated heterocycles. The molecule has 0 amide bonds. The first-order chi connectivity index (χ1) is 15.6. The number of benzene rings is 1. The van der Waals surface area contributed by atoms with Crippen LogP contribution in [-0.2, 0) is 4.74 Å². The van der Waals surface area contributed by atoms with Gasteiger partial charge in [-0.1, -0.05) is 12.1 Å². The molecule has 32 heavy (non-hydrogen) atoms. The first-order valence-electron chi connectivity index (χ1n) is 11.7. The standard InChI is InChI=1S/C26H33N3O2S/c1-17-13-18(2)24(23(14-17)30-3)21-8-5-9-22-25(26(32-4)27-29(21)22)28(15-19-10-11-19)16-20-7-6-12-31-20/h5,8-9,13-14,19-20H,6-7,10-12,15-16H2,1-4H3. The maximum atomic E-state index is 6.03. The van der Waals surface area contributed by atoms with Crippen molar-refractivity contribution in [3.8, 4) is 17.0 Å². The van der Waals surface area contributed by atoms with Gasteiger partial charge in [0.2, 0.25) is 0 Å². The van der Waals surface area contributed by atoms with E-state index in [-0.39, 0.29) is 0 Å². The summed E-state index contributed by atoms with van der Waals surface area (Å²) in [4.78, 5) is 2.56. The molecule has 0 bridgehead atoms. The number of thioether (sulfide) groups is 1. The average Bonchev–Trinajstić information content (AvgIpc) is 3.29. The number of hydrogen-bond donors (Lipinski definition) is 0. The molecule has 1 aliphatic heterocycles. The number of fused-ring (bicyclic) bond motifs is 1. The second-order valence-electron chi connectivity index (χ2n) is 9.21. The van der Waals surface area contributed by atoms with Crippen molar-refractivity contribution >= 4 is 23.0 Å². The number of methoxy groups -OCH3 is 1. The van der Waals surface area contributed by atoms with Gasteiger partial charge in [-0.15, -0.1) is 11.8 Å². The van der Waals surface area contributed by atoms with E-state index in [2.05, 4.69) is 59.9 Å². The fraction of sp³-hybridized carbons (Fsp3) is 0.500. The number of anilines is 1. The Kier molecular flexibility index (Phi) is 6.08. The zero-order valence-corrected chi connectivity index (χ0v) is 20.4. The first-order valence-corrected chi connectivity index (χ1v) is 12.9. The summed E-state index contributed by atoms with van der Waals surface area (Å²) in [5, 5.41) is 6.19. The van der Waals surface area contributed by atoms with Crippen LogP contribution in [0.5, 0.6) is 5.75 Å². The number of rotatable bonds is 8. The summed E-state index contributed by atoms with van der Waals surface area (Å²) in [7, 11) is 1.75. The van der Waals surface area contributed by atoms with Crippen molar-refractivity contribution in [2.75, 3.05) is 38.0 Å². The Balaban J connectivity index is 1.65. The maximum Gasteiger partial charge on any atom is 0.142 e. The van der Waals surface area contributed by atoms with E-state index in [4.69, 9.17) is 14.6 Å². The molecule has 1 unspecified atom stereocenters. The summed E-state index contributed by atoms with van der Waals surface area (Å²) in [5.41, 5.74) is 7.00. The lowest BCUT2D eigenvalue weighted by Crippen LogP contribution is -2.34. The zero-order valence-electron chi connectivity index (χ0n) is 19.6. The van der Waals surface area contributed by atoms with Crippen molar-refractivity contribution < 1.29 is 9.47 Å². The molecule has 3 aromatic rings. The Hall–Kier alpha value is -2.18. The molecule has 6 heteroatoms. The number of aromatic nitrogens is 2. The van der Waals surface area contributed by atoms with Crippen LogP contribution < -0.4 is 9.64 Å². The van der Waals surface area contributed by atoms with Gasteiger partial charge in [-0.3, -0.25) is 0 Å². The molecule has 1 saturated carbocycles. The second-order valence-corrected chi connectivity index (χ2v) is 10.0. The van der Waals surface area contributed by atoms with Gasteiger partial charge in [0.1, 0.15) is 10.8 Å². The number of hydrogen-bond acceptors (Lipinski definition) is 5. The molecular weight excluding hydrogens is 418 g/mol. The minimum absolute atomic E-state index is 0.320. The largest absolute Gasteiger partial charge is 0.496 e. The SMILES string of the molecule is COc1cc(C)cc(C)c1-c1cccc2c(N(CC3CC3)CC3CCCO3)c(SC)nn12. The molecule has 0 N–H and O–H groups in total. The highest BCUT2D eigenvalue weighted by atomic mass is 32.2. The average molecular weight is 452 g/mol. The van der Waals surface area contributed by atoms with Crippen molar-refractivity contribution in [2.24, 2.45) is 5.92 Å². The van der Waals surface area contributed by atoms with Crippen molar-refractivity contribution in [1.29, 1.82) is 0 Å². The number of aryl methyl sites for hydroxylation is 2. The van der Waals surface area contributed by atoms with Gasteiger partial charge in [-0.25, -0.2) is 4.52 Å². The van der Waals surface area contributed by atoms with Crippen LogP contribution >= 0.6 is 11.8 Å². The summed E-state index contributed by atoms with van der Waals surface area (Å²) in [6.45, 7) is 7.19. The minimum Gasteiger partial charge on any atom is -0.496 e. The molecule has 1 atom stereocenters. The fourth-order valence-corrected chi connectivity index (χ4v) is 5.57. The molecule has 0 spiro atoms. The summed E-state index contributed by atoms with van der Waals surface area (Å²) in [6.07, 6.45) is 7.44. The van der Waals surface area contributed by atoms with Gasteiger partial charge in [0.25, 0.3) is 0 Å². The minimum atomic E-state index is 0.320. The molecule has 2 fully saturated rings. The lowest BCUT2D eigenvalue weighted by atomic mass is 10.0. The smallest absolute Gasteiger partial charge is 0.142 e. The highest BCUT2D eigenvalue weighted by molar-refractivity contribution is 7.98. The third kappa shape index (κ3) is 4.11. The topological polar surface area (TPSA) is 39.0 Å². The summed E-state index contributed by atoms with van der Waals surface area (Å²) < 4.78 is 13.9. The van der Waals surface area contributed by atoms with Gasteiger partial charge >= 0.3 is 0 Å². The van der Waals surface area contributed by atoms with E-state index in [0.717, 1.165) is 59.6 Å². The Morgan fingerprint density at radius 3 is 2.72 bits per heavy atom. The van der Waals surface area contributed by atoms with Crippen molar-refractivity contribution in [3.63, 3.8) is 0 Å². The molecular formula is C26H33N3O2S. The van der Waals surface area contributed by atoms with Crippen molar-refractivity contribution in [2.45, 2.75) is 50.7 Å². The maximum absolute atomic E-state index is 6.03. The Morgan fingerprint density at radius 1 is 1.19 bits per heavy atom. The lowest BCUT2D eigenvalue weighted by molar-refractivity contribution is 0.115. The molecule has 3 heterocycles. The Morgan fingerprint density at radius 2 is 2.03 bits per heavy atom. The van der Waals surface area contributed by atoms with Gasteiger partial charge < -0.3 is 14.4 Å². The van der Waals surface area contributed by atoms with E-state index in [0.29, 0.717) is 6.10 Å². The van der Waals surface area contributed by atoms with E-state index in [1.807, 2.05) is 0 Å². The first kappa shape index (κ1) is 21.7. The molecule has 2 aliphatic rings. The van der Waals surface area contributed by atoms with Gasteiger partial charge in [0.05, 0.1) is 30.1 Å². The molecule has 0 radical (unpaired) electrons. The van der Waals surface area contributed by atoms with Gasteiger partial charge in [-0.05, 0) is 81.0 Å². The van der Waals surface area contributed by atoms with Crippen molar-refractivity contribution in [3.05, 3.63) is 41.5 Å². The van der Waals surface area contributed by atoms with E-state index in [1.54, 1.807) is 18.9 Å². The van der Waals surface area contributed by atoms with Crippen LogP contribution in [0.25, 0.3) is 16.8 Å². The van der Waals surface area contributed by atoms with Gasteiger partial charge in [0, 0.05) is 25.3 Å². The fourth-order valence-electron chi connectivity index (χ4n) is 4.98. The summed E-state index contributed by atoms with van der Waals surface area (Å²) in [6, 6.07) is 10.8. The zero-order chi connectivity index (χ0) is 22.2. The summed E-state index contributed by atoms with van der Waals surface area (Å²) >= 11 is 1.73. The predicted octanol–water partition coefficient (Wildman–Crippen LogP) is 5.74. The molecule has 1 aromatic carbocycles. The second kappa shape index (κ2) is 8.99. The van der Waals surface area contributed by atoms with Crippen LogP contribution in [0.4, 0.5) is 5.69 Å². The van der Waals surface area contributed by atoms with Crippen LogP contribution in [0.1, 0.15) is 36.8 Å². The third-order valence-electron chi connectivity index (χ3n) is 6.65. The van der Waals surface area contributed by atoms with Crippen molar-refractivity contribution in [1.82, 2.24) is 9.61 Å². The number of ether oxygens (including phenoxy) is 2. The van der Waals surface area contributed by atoms with E-state index >= 15 is 0 Å². The third-order valence-corrected chi connectivity index (χ3v) is 7.32. The van der Waals surface area contributed by atoms with Crippen LogP contribution in [-0.4, -0.2) is 48.8 Å². The Labute approximate surface area is 195 Å². The summed E-state index contributed by atoms with van der Waals surface area (Å²) in [5.74, 6) is 1.69. The van der Waals surface area contributed by atoms with Crippen LogP contribution in [0, 0.1) is 19.8 Å². The molecule has 5 rings (SSSR count). The van der Waals surface area contributed by atoms with E-state index < -0.39 is 0 Å². The predicted molar refractivity (Wildman–Crippen MR) is 132 cm³/mol.